The third-order valence-corrected chi connectivity index (χ3v) is 2.84. The van der Waals surface area contributed by atoms with Gasteiger partial charge >= 0.3 is 5.69 Å². The van der Waals surface area contributed by atoms with Crippen molar-refractivity contribution in [2.75, 3.05) is 20.8 Å². The highest BCUT2D eigenvalue weighted by atomic mass is 16.5. The Morgan fingerprint density at radius 1 is 1.37 bits per heavy atom. The summed E-state index contributed by atoms with van der Waals surface area (Å²) in [6.07, 6.45) is 0.721. The summed E-state index contributed by atoms with van der Waals surface area (Å²) in [6, 6.07) is 0. The van der Waals surface area contributed by atoms with Crippen molar-refractivity contribution >= 4 is 0 Å². The fourth-order valence-corrected chi connectivity index (χ4v) is 1.83. The van der Waals surface area contributed by atoms with E-state index in [-0.39, 0.29) is 30.7 Å². The molecule has 0 spiro atoms. The number of ether oxygens (including phenoxy) is 2. The number of H-pyrrole nitrogens is 1. The van der Waals surface area contributed by atoms with Crippen LogP contribution < -0.4 is 11.2 Å². The molecule has 0 saturated carbocycles. The molecule has 1 unspecified atom stereocenters. The van der Waals surface area contributed by atoms with Crippen LogP contribution in [0.2, 0.25) is 0 Å². The third-order valence-electron chi connectivity index (χ3n) is 2.84. The fraction of sp³-hybridized carbons (Fsp3) is 0.667. The number of aromatic nitrogens is 2. The molecule has 1 rings (SSSR count). The van der Waals surface area contributed by atoms with E-state index in [1.165, 1.54) is 14.2 Å². The summed E-state index contributed by atoms with van der Waals surface area (Å²) < 4.78 is 11.2. The maximum absolute atomic E-state index is 11.7. The van der Waals surface area contributed by atoms with Crippen LogP contribution in [0.1, 0.15) is 18.9 Å². The highest BCUT2D eigenvalue weighted by Gasteiger charge is 2.17. The van der Waals surface area contributed by atoms with Crippen LogP contribution >= 0.6 is 0 Å². The van der Waals surface area contributed by atoms with Gasteiger partial charge in [0.25, 0.3) is 5.56 Å². The van der Waals surface area contributed by atoms with Gasteiger partial charge in [0.2, 0.25) is 5.88 Å². The standard InChI is InChI=1S/C12H20N2O5/c1-4-5-9-10(15)13-12(17)14(11(9)16)6-8(19-3)7-18-2/h8,16H,4-7H2,1-3H3,(H,13,15,17). The molecule has 0 bridgehead atoms. The molecule has 108 valence electrons. The minimum atomic E-state index is -0.652. The van der Waals surface area contributed by atoms with Crippen molar-refractivity contribution in [2.24, 2.45) is 0 Å². The summed E-state index contributed by atoms with van der Waals surface area (Å²) in [7, 11) is 3.01. The van der Waals surface area contributed by atoms with Crippen LogP contribution in [-0.4, -0.2) is 41.6 Å². The highest BCUT2D eigenvalue weighted by Crippen LogP contribution is 2.13. The van der Waals surface area contributed by atoms with Crippen LogP contribution in [0.4, 0.5) is 0 Å². The topological polar surface area (TPSA) is 93.6 Å². The molecule has 1 atom stereocenters. The van der Waals surface area contributed by atoms with Gasteiger partial charge in [0.15, 0.2) is 0 Å². The Labute approximate surface area is 110 Å². The lowest BCUT2D eigenvalue weighted by atomic mass is 10.2. The average Bonchev–Trinajstić information content (AvgIpc) is 2.38. The molecule has 19 heavy (non-hydrogen) atoms. The molecule has 7 nitrogen and oxygen atoms in total. The van der Waals surface area contributed by atoms with Crippen molar-refractivity contribution < 1.29 is 14.6 Å². The number of aromatic hydroxyl groups is 1. The first kappa shape index (κ1) is 15.5. The van der Waals surface area contributed by atoms with E-state index in [0.717, 1.165) is 4.57 Å². The maximum atomic E-state index is 11.7. The molecule has 7 heteroatoms. The molecule has 0 aliphatic carbocycles. The number of nitrogens with one attached hydrogen (secondary N) is 1. The number of rotatable bonds is 7. The Hall–Kier alpha value is -1.60. The van der Waals surface area contributed by atoms with Gasteiger partial charge in [0.05, 0.1) is 24.8 Å². The first-order valence-electron chi connectivity index (χ1n) is 6.11. The van der Waals surface area contributed by atoms with E-state index in [1.807, 2.05) is 6.92 Å². The predicted molar refractivity (Wildman–Crippen MR) is 69.7 cm³/mol. The Morgan fingerprint density at radius 3 is 2.58 bits per heavy atom. The summed E-state index contributed by atoms with van der Waals surface area (Å²) in [4.78, 5) is 25.5. The Kier molecular flexibility index (Phi) is 5.78. The van der Waals surface area contributed by atoms with Gasteiger partial charge in [-0.2, -0.15) is 0 Å². The second kappa shape index (κ2) is 7.10. The molecular weight excluding hydrogens is 252 g/mol. The zero-order chi connectivity index (χ0) is 14.4. The maximum Gasteiger partial charge on any atom is 0.331 e. The lowest BCUT2D eigenvalue weighted by Gasteiger charge is -2.17. The van der Waals surface area contributed by atoms with E-state index in [9.17, 15) is 14.7 Å². The molecule has 0 aliphatic heterocycles. The summed E-state index contributed by atoms with van der Waals surface area (Å²) >= 11 is 0. The molecule has 1 aromatic rings. The number of hydrogen-bond acceptors (Lipinski definition) is 5. The van der Waals surface area contributed by atoms with E-state index in [0.29, 0.717) is 12.8 Å². The van der Waals surface area contributed by atoms with Crippen molar-refractivity contribution in [3.05, 3.63) is 26.4 Å². The Balaban J connectivity index is 3.16. The molecule has 1 aromatic heterocycles. The molecule has 0 saturated heterocycles. The van der Waals surface area contributed by atoms with Crippen molar-refractivity contribution in [3.63, 3.8) is 0 Å². The van der Waals surface area contributed by atoms with Crippen LogP contribution in [0.25, 0.3) is 0 Å². The van der Waals surface area contributed by atoms with Crippen molar-refractivity contribution in [1.29, 1.82) is 0 Å². The second-order valence-electron chi connectivity index (χ2n) is 4.24. The van der Waals surface area contributed by atoms with E-state index < -0.39 is 11.2 Å². The third kappa shape index (κ3) is 3.68. The van der Waals surface area contributed by atoms with Gasteiger partial charge in [0.1, 0.15) is 0 Å². The molecule has 0 radical (unpaired) electrons. The Morgan fingerprint density at radius 2 is 2.05 bits per heavy atom. The normalized spacial score (nSPS) is 12.6. The first-order valence-corrected chi connectivity index (χ1v) is 6.11. The van der Waals surface area contributed by atoms with Gasteiger partial charge in [-0.1, -0.05) is 13.3 Å². The van der Waals surface area contributed by atoms with E-state index in [4.69, 9.17) is 9.47 Å². The second-order valence-corrected chi connectivity index (χ2v) is 4.24. The van der Waals surface area contributed by atoms with Crippen LogP contribution in [-0.2, 0) is 22.4 Å². The smallest absolute Gasteiger partial charge is 0.331 e. The van der Waals surface area contributed by atoms with Crippen LogP contribution in [0.15, 0.2) is 9.59 Å². The molecule has 0 aromatic carbocycles. The van der Waals surface area contributed by atoms with Crippen LogP contribution in [0.5, 0.6) is 5.88 Å². The fourth-order valence-electron chi connectivity index (χ4n) is 1.83. The van der Waals surface area contributed by atoms with Crippen LogP contribution in [0, 0.1) is 0 Å². The summed E-state index contributed by atoms with van der Waals surface area (Å²) in [5.74, 6) is -0.297. The van der Waals surface area contributed by atoms with Gasteiger partial charge in [0, 0.05) is 14.2 Å². The van der Waals surface area contributed by atoms with Gasteiger partial charge in [-0.3, -0.25) is 14.3 Å². The molecular formula is C12H20N2O5. The van der Waals surface area contributed by atoms with Crippen molar-refractivity contribution in [3.8, 4) is 5.88 Å². The zero-order valence-electron chi connectivity index (χ0n) is 11.4. The van der Waals surface area contributed by atoms with Gasteiger partial charge in [-0.25, -0.2) is 4.79 Å². The molecule has 2 N–H and O–H groups in total. The summed E-state index contributed by atoms with van der Waals surface area (Å²) in [5, 5.41) is 10.0. The lowest BCUT2D eigenvalue weighted by molar-refractivity contribution is 0.0163. The predicted octanol–water partition coefficient (Wildman–Crippen LogP) is -0.144. The number of hydrogen-bond donors (Lipinski definition) is 2. The largest absolute Gasteiger partial charge is 0.494 e. The van der Waals surface area contributed by atoms with E-state index in [2.05, 4.69) is 4.98 Å². The summed E-state index contributed by atoms with van der Waals surface area (Å²) in [6.45, 7) is 2.28. The molecule has 0 fully saturated rings. The Bertz CT molecular complexity index is 520. The number of aromatic amines is 1. The number of nitrogens with zero attached hydrogens (tertiary/aromatic N) is 1. The van der Waals surface area contributed by atoms with E-state index >= 15 is 0 Å². The molecule has 0 amide bonds. The van der Waals surface area contributed by atoms with E-state index in [1.54, 1.807) is 0 Å². The highest BCUT2D eigenvalue weighted by molar-refractivity contribution is 5.22. The molecule has 1 heterocycles. The minimum absolute atomic E-state index is 0.114. The van der Waals surface area contributed by atoms with Crippen LogP contribution in [0.3, 0.4) is 0 Å². The van der Waals surface area contributed by atoms with Gasteiger partial charge < -0.3 is 14.6 Å². The first-order chi connectivity index (χ1) is 9.04. The number of methoxy groups -OCH3 is 2. The molecule has 0 aliphatic rings. The quantitative estimate of drug-likeness (QED) is 0.720. The van der Waals surface area contributed by atoms with Gasteiger partial charge in [-0.15, -0.1) is 0 Å². The average molecular weight is 272 g/mol. The minimum Gasteiger partial charge on any atom is -0.494 e. The van der Waals surface area contributed by atoms with Crippen molar-refractivity contribution in [1.82, 2.24) is 9.55 Å². The SMILES string of the molecule is CCCc1c(O)n(CC(COC)OC)c(=O)[nH]c1=O. The monoisotopic (exact) mass is 272 g/mol. The zero-order valence-corrected chi connectivity index (χ0v) is 11.4. The van der Waals surface area contributed by atoms with Gasteiger partial charge in [-0.05, 0) is 6.42 Å². The van der Waals surface area contributed by atoms with Crippen molar-refractivity contribution in [2.45, 2.75) is 32.4 Å². The summed E-state index contributed by atoms with van der Waals surface area (Å²) in [5.41, 5.74) is -0.976. The lowest BCUT2D eigenvalue weighted by Crippen LogP contribution is -2.36.